The van der Waals surface area contributed by atoms with Crippen LogP contribution in [0.1, 0.15) is 37.3 Å². The molecule has 0 aliphatic heterocycles. The first-order valence-electron chi connectivity index (χ1n) is 6.96. The summed E-state index contributed by atoms with van der Waals surface area (Å²) in [5.74, 6) is 0.523. The molecule has 1 nitrogen and oxygen atoms in total. The van der Waals surface area contributed by atoms with Crippen LogP contribution in [0.3, 0.4) is 0 Å². The normalized spacial score (nSPS) is 15.4. The molecule has 1 fully saturated rings. The van der Waals surface area contributed by atoms with E-state index >= 15 is 0 Å². The Hall–Kier alpha value is -0.900. The van der Waals surface area contributed by atoms with Crippen LogP contribution in [0.4, 0.5) is 18.9 Å². The van der Waals surface area contributed by atoms with Crippen LogP contribution in [0.2, 0.25) is 0 Å². The first kappa shape index (κ1) is 15.5. The minimum Gasteiger partial charge on any atom is -0.371 e. The van der Waals surface area contributed by atoms with Crippen molar-refractivity contribution >= 4 is 17.3 Å². The summed E-state index contributed by atoms with van der Waals surface area (Å²) in [5.41, 5.74) is 0.188. The van der Waals surface area contributed by atoms with E-state index in [-0.39, 0.29) is 11.4 Å². The summed E-state index contributed by atoms with van der Waals surface area (Å²) >= 11 is 5.61. The quantitative estimate of drug-likeness (QED) is 0.663. The number of alkyl halides is 4. The number of anilines is 1. The maximum atomic E-state index is 13.1. The van der Waals surface area contributed by atoms with Crippen molar-refractivity contribution < 1.29 is 13.2 Å². The van der Waals surface area contributed by atoms with Gasteiger partial charge in [-0.15, -0.1) is 11.6 Å². The second-order valence-electron chi connectivity index (χ2n) is 5.36. The molecule has 1 aromatic rings. The van der Waals surface area contributed by atoms with E-state index in [4.69, 9.17) is 11.6 Å². The molecule has 5 heteroatoms. The van der Waals surface area contributed by atoms with E-state index in [1.54, 1.807) is 6.07 Å². The Morgan fingerprint density at radius 3 is 2.50 bits per heavy atom. The third kappa shape index (κ3) is 3.81. The van der Waals surface area contributed by atoms with Crippen LogP contribution in [0.15, 0.2) is 18.2 Å². The zero-order valence-corrected chi connectivity index (χ0v) is 12.3. The fourth-order valence-electron chi connectivity index (χ4n) is 2.35. The molecule has 20 heavy (non-hydrogen) atoms. The van der Waals surface area contributed by atoms with E-state index in [0.717, 1.165) is 19.5 Å². The average molecular weight is 306 g/mol. The molecule has 112 valence electrons. The zero-order chi connectivity index (χ0) is 14.8. The van der Waals surface area contributed by atoms with E-state index in [9.17, 15) is 13.2 Å². The monoisotopic (exact) mass is 305 g/mol. The molecular weight excluding hydrogens is 287 g/mol. The Bertz CT molecular complexity index is 455. The molecule has 0 amide bonds. The van der Waals surface area contributed by atoms with Gasteiger partial charge in [0.25, 0.3) is 0 Å². The fraction of sp³-hybridized carbons (Fsp3) is 0.600. The van der Waals surface area contributed by atoms with Crippen LogP contribution >= 0.6 is 11.6 Å². The van der Waals surface area contributed by atoms with Crippen LogP contribution in [0.5, 0.6) is 0 Å². The van der Waals surface area contributed by atoms with Gasteiger partial charge in [0.1, 0.15) is 0 Å². The third-order valence-corrected chi connectivity index (χ3v) is 3.86. The lowest BCUT2D eigenvalue weighted by Crippen LogP contribution is -2.27. The first-order valence-corrected chi connectivity index (χ1v) is 7.50. The average Bonchev–Trinajstić information content (AvgIpc) is 3.20. The van der Waals surface area contributed by atoms with Gasteiger partial charge >= 0.3 is 6.18 Å². The van der Waals surface area contributed by atoms with Gasteiger partial charge in [-0.2, -0.15) is 13.2 Å². The topological polar surface area (TPSA) is 3.24 Å². The van der Waals surface area contributed by atoms with Crippen molar-refractivity contribution in [1.29, 1.82) is 0 Å². The van der Waals surface area contributed by atoms with Crippen molar-refractivity contribution in [2.45, 2.75) is 38.2 Å². The molecule has 0 N–H and O–H groups in total. The molecule has 1 aliphatic rings. The standard InChI is InChI=1S/C15H19ClF3N/c1-2-7-20(10-11-3-4-11)13-6-5-12(9-16)14(8-13)15(17,18)19/h5-6,8,11H,2-4,7,9-10H2,1H3. The predicted molar refractivity (Wildman–Crippen MR) is 76.2 cm³/mol. The highest BCUT2D eigenvalue weighted by molar-refractivity contribution is 6.17. The molecule has 1 aromatic carbocycles. The highest BCUT2D eigenvalue weighted by atomic mass is 35.5. The van der Waals surface area contributed by atoms with Crippen molar-refractivity contribution in [2.75, 3.05) is 18.0 Å². The highest BCUT2D eigenvalue weighted by Gasteiger charge is 2.34. The number of benzene rings is 1. The van der Waals surface area contributed by atoms with Gasteiger partial charge in [0.15, 0.2) is 0 Å². The van der Waals surface area contributed by atoms with Crippen molar-refractivity contribution in [3.05, 3.63) is 29.3 Å². The molecule has 1 saturated carbocycles. The number of halogens is 4. The smallest absolute Gasteiger partial charge is 0.371 e. The molecule has 0 saturated heterocycles. The van der Waals surface area contributed by atoms with E-state index in [2.05, 4.69) is 4.90 Å². The lowest BCUT2D eigenvalue weighted by molar-refractivity contribution is -0.138. The number of hydrogen-bond acceptors (Lipinski definition) is 1. The second-order valence-corrected chi connectivity index (χ2v) is 5.63. The minimum atomic E-state index is -4.35. The van der Waals surface area contributed by atoms with Crippen LogP contribution in [-0.2, 0) is 12.1 Å². The maximum absolute atomic E-state index is 13.1. The molecular formula is C15H19ClF3N. The zero-order valence-electron chi connectivity index (χ0n) is 11.5. The van der Waals surface area contributed by atoms with Gasteiger partial charge in [0.05, 0.1) is 5.56 Å². The summed E-state index contributed by atoms with van der Waals surface area (Å²) in [4.78, 5) is 2.06. The Balaban J connectivity index is 2.29. The molecule has 0 bridgehead atoms. The number of nitrogens with zero attached hydrogens (tertiary/aromatic N) is 1. The SMILES string of the molecule is CCCN(CC1CC1)c1ccc(CCl)c(C(F)(F)F)c1. The first-order chi connectivity index (χ1) is 9.45. The molecule has 0 atom stereocenters. The third-order valence-electron chi connectivity index (χ3n) is 3.58. The Kier molecular flexibility index (Phi) is 4.84. The van der Waals surface area contributed by atoms with E-state index < -0.39 is 11.7 Å². The number of rotatable bonds is 6. The fourth-order valence-corrected chi connectivity index (χ4v) is 2.58. The molecule has 2 rings (SSSR count). The van der Waals surface area contributed by atoms with Crippen molar-refractivity contribution in [3.63, 3.8) is 0 Å². The Morgan fingerprint density at radius 1 is 1.30 bits per heavy atom. The summed E-state index contributed by atoms with van der Waals surface area (Å²) in [6, 6.07) is 4.50. The molecule has 0 heterocycles. The van der Waals surface area contributed by atoms with E-state index in [1.807, 2.05) is 6.92 Å². The van der Waals surface area contributed by atoms with Crippen LogP contribution < -0.4 is 4.90 Å². The van der Waals surface area contributed by atoms with Gasteiger partial charge in [-0.25, -0.2) is 0 Å². The Morgan fingerprint density at radius 2 is 2.00 bits per heavy atom. The van der Waals surface area contributed by atoms with Gasteiger partial charge in [0.2, 0.25) is 0 Å². The molecule has 0 spiro atoms. The van der Waals surface area contributed by atoms with E-state index in [0.29, 0.717) is 11.6 Å². The van der Waals surface area contributed by atoms with Crippen LogP contribution in [-0.4, -0.2) is 13.1 Å². The minimum absolute atomic E-state index is 0.120. The van der Waals surface area contributed by atoms with Gasteiger partial charge in [-0.05, 0) is 42.9 Å². The van der Waals surface area contributed by atoms with Crippen molar-refractivity contribution in [3.8, 4) is 0 Å². The molecule has 0 unspecified atom stereocenters. The summed E-state index contributed by atoms with van der Waals surface area (Å²) in [7, 11) is 0. The van der Waals surface area contributed by atoms with Crippen molar-refractivity contribution in [1.82, 2.24) is 0 Å². The Labute approximate surface area is 122 Å². The van der Waals surface area contributed by atoms with Crippen LogP contribution in [0.25, 0.3) is 0 Å². The van der Waals surface area contributed by atoms with Gasteiger partial charge in [-0.3, -0.25) is 0 Å². The lowest BCUT2D eigenvalue weighted by Gasteiger charge is -2.26. The summed E-state index contributed by atoms with van der Waals surface area (Å²) in [6.45, 7) is 3.68. The van der Waals surface area contributed by atoms with Gasteiger partial charge in [0, 0.05) is 24.7 Å². The summed E-state index contributed by atoms with van der Waals surface area (Å²) in [6.07, 6.45) is -1.05. The van der Waals surface area contributed by atoms with Gasteiger partial charge in [-0.1, -0.05) is 13.0 Å². The molecule has 0 radical (unpaired) electrons. The van der Waals surface area contributed by atoms with Gasteiger partial charge < -0.3 is 4.90 Å². The second kappa shape index (κ2) is 6.25. The number of hydrogen-bond donors (Lipinski definition) is 0. The highest BCUT2D eigenvalue weighted by Crippen LogP contribution is 2.37. The largest absolute Gasteiger partial charge is 0.416 e. The van der Waals surface area contributed by atoms with E-state index in [1.165, 1.54) is 25.0 Å². The molecule has 1 aliphatic carbocycles. The predicted octanol–water partition coefficient (Wildman–Crippen LogP) is 5.07. The van der Waals surface area contributed by atoms with Crippen LogP contribution in [0, 0.1) is 5.92 Å². The lowest BCUT2D eigenvalue weighted by atomic mass is 10.1. The summed E-state index contributed by atoms with van der Waals surface area (Å²) < 4.78 is 39.2. The maximum Gasteiger partial charge on any atom is 0.416 e. The molecule has 0 aromatic heterocycles. The van der Waals surface area contributed by atoms with Crippen molar-refractivity contribution in [2.24, 2.45) is 5.92 Å². The summed E-state index contributed by atoms with van der Waals surface area (Å²) in [5, 5.41) is 0.